The van der Waals surface area contributed by atoms with Crippen molar-refractivity contribution in [3.8, 4) is 5.75 Å². The summed E-state index contributed by atoms with van der Waals surface area (Å²) in [5.41, 5.74) is 1.37. The van der Waals surface area contributed by atoms with Gasteiger partial charge in [0.25, 0.3) is 5.91 Å². The number of benzene rings is 2. The van der Waals surface area contributed by atoms with Crippen LogP contribution in [0, 0.1) is 11.3 Å². The topological polar surface area (TPSA) is 49.9 Å². The maximum absolute atomic E-state index is 13.7. The van der Waals surface area contributed by atoms with Crippen molar-refractivity contribution in [2.24, 2.45) is 11.3 Å². The second-order valence-electron chi connectivity index (χ2n) is 11.5. The van der Waals surface area contributed by atoms with Crippen molar-refractivity contribution < 1.29 is 14.3 Å². The summed E-state index contributed by atoms with van der Waals surface area (Å²) >= 11 is 12.9. The number of ether oxygens (including phenoxy) is 1. The lowest BCUT2D eigenvalue weighted by atomic mass is 9.63. The van der Waals surface area contributed by atoms with Gasteiger partial charge in [-0.05, 0) is 86.1 Å². The van der Waals surface area contributed by atoms with Gasteiger partial charge in [0, 0.05) is 32.2 Å². The Balaban J connectivity index is 1.15. The van der Waals surface area contributed by atoms with E-state index in [0.29, 0.717) is 39.3 Å². The summed E-state index contributed by atoms with van der Waals surface area (Å²) in [7, 11) is 3.42. The lowest BCUT2D eigenvalue weighted by Gasteiger charge is -2.47. The summed E-state index contributed by atoms with van der Waals surface area (Å²) in [6.07, 6.45) is 8.45. The first-order chi connectivity index (χ1) is 17.7. The molecule has 1 aliphatic heterocycles. The summed E-state index contributed by atoms with van der Waals surface area (Å²) in [5.74, 6) is 1.35. The largest absolute Gasteiger partial charge is 0.493 e. The van der Waals surface area contributed by atoms with Crippen LogP contribution < -0.4 is 4.74 Å². The Labute approximate surface area is 230 Å². The van der Waals surface area contributed by atoms with Gasteiger partial charge in [-0.2, -0.15) is 0 Å². The predicted molar refractivity (Wildman–Crippen MR) is 148 cm³/mol. The van der Waals surface area contributed by atoms with Crippen LogP contribution in [0.2, 0.25) is 10.0 Å². The number of hydrogen-bond acceptors (Lipinski definition) is 3. The highest BCUT2D eigenvalue weighted by Gasteiger charge is 2.50. The van der Waals surface area contributed by atoms with Crippen molar-refractivity contribution in [2.75, 3.05) is 33.8 Å². The highest BCUT2D eigenvalue weighted by Crippen LogP contribution is 2.51. The minimum absolute atomic E-state index is 0.116. The number of piperidine rings is 1. The first kappa shape index (κ1) is 26.4. The van der Waals surface area contributed by atoms with Gasteiger partial charge in [0.05, 0.1) is 22.6 Å². The highest BCUT2D eigenvalue weighted by molar-refractivity contribution is 6.34. The van der Waals surface area contributed by atoms with Crippen LogP contribution in [-0.4, -0.2) is 55.4 Å². The van der Waals surface area contributed by atoms with E-state index in [1.54, 1.807) is 26.2 Å². The monoisotopic (exact) mass is 542 g/mol. The molecule has 0 radical (unpaired) electrons. The molecule has 198 valence electrons. The van der Waals surface area contributed by atoms with Crippen molar-refractivity contribution in [1.29, 1.82) is 0 Å². The van der Waals surface area contributed by atoms with E-state index in [2.05, 4.69) is 4.90 Å². The van der Waals surface area contributed by atoms with E-state index in [0.717, 1.165) is 63.6 Å². The average molecular weight is 544 g/mol. The molecule has 7 heteroatoms. The molecular weight excluding hydrogens is 507 g/mol. The van der Waals surface area contributed by atoms with Gasteiger partial charge in [-0.3, -0.25) is 9.59 Å². The molecule has 1 spiro atoms. The van der Waals surface area contributed by atoms with Crippen LogP contribution in [0.5, 0.6) is 5.75 Å². The third-order valence-electron chi connectivity index (χ3n) is 8.98. The molecule has 1 saturated heterocycles. The molecule has 2 aliphatic carbocycles. The minimum atomic E-state index is -0.428. The zero-order valence-electron chi connectivity index (χ0n) is 21.8. The third kappa shape index (κ3) is 5.09. The lowest BCUT2D eigenvalue weighted by Crippen LogP contribution is -2.54. The fourth-order valence-electron chi connectivity index (χ4n) is 6.60. The Bertz CT molecular complexity index is 1170. The van der Waals surface area contributed by atoms with Gasteiger partial charge >= 0.3 is 0 Å². The molecule has 3 aliphatic rings. The molecule has 0 N–H and O–H groups in total. The summed E-state index contributed by atoms with van der Waals surface area (Å²) in [6.45, 7) is 2.31. The Morgan fingerprint density at radius 2 is 1.73 bits per heavy atom. The summed E-state index contributed by atoms with van der Waals surface area (Å²) in [4.78, 5) is 29.6. The molecule has 0 bridgehead atoms. The highest BCUT2D eigenvalue weighted by atomic mass is 35.5. The fraction of sp³-hybridized carbons (Fsp3) is 0.533. The van der Waals surface area contributed by atoms with Crippen LogP contribution in [-0.2, 0) is 10.2 Å². The quantitative estimate of drug-likeness (QED) is 0.412. The number of amides is 2. The summed E-state index contributed by atoms with van der Waals surface area (Å²) in [5, 5.41) is 1.13. The minimum Gasteiger partial charge on any atom is -0.493 e. The Kier molecular flexibility index (Phi) is 7.48. The Morgan fingerprint density at radius 1 is 1.00 bits per heavy atom. The van der Waals surface area contributed by atoms with Crippen LogP contribution in [0.4, 0.5) is 0 Å². The van der Waals surface area contributed by atoms with Crippen LogP contribution in [0.3, 0.4) is 0 Å². The summed E-state index contributed by atoms with van der Waals surface area (Å²) < 4.78 is 6.10. The molecule has 2 aromatic carbocycles. The van der Waals surface area contributed by atoms with Gasteiger partial charge in [-0.25, -0.2) is 0 Å². The molecule has 5 rings (SSSR count). The van der Waals surface area contributed by atoms with Crippen molar-refractivity contribution in [3.05, 3.63) is 63.6 Å². The number of carbonyl (C=O) groups excluding carboxylic acids is 2. The van der Waals surface area contributed by atoms with Gasteiger partial charge in [-0.1, -0.05) is 47.8 Å². The van der Waals surface area contributed by atoms with E-state index in [1.807, 2.05) is 30.3 Å². The van der Waals surface area contributed by atoms with Crippen LogP contribution in [0.1, 0.15) is 67.3 Å². The van der Waals surface area contributed by atoms with Crippen molar-refractivity contribution in [2.45, 2.75) is 56.8 Å². The third-order valence-corrected chi connectivity index (χ3v) is 9.63. The van der Waals surface area contributed by atoms with Gasteiger partial charge in [0.15, 0.2) is 0 Å². The molecule has 3 fully saturated rings. The number of nitrogens with zero attached hydrogens (tertiary/aromatic N) is 2. The molecule has 5 nitrogen and oxygen atoms in total. The molecule has 2 aromatic rings. The zero-order valence-corrected chi connectivity index (χ0v) is 23.3. The Hall–Kier alpha value is -2.24. The van der Waals surface area contributed by atoms with Gasteiger partial charge in [0.1, 0.15) is 5.75 Å². The molecule has 0 aromatic heterocycles. The maximum Gasteiger partial charge on any atom is 0.254 e. The predicted octanol–water partition coefficient (Wildman–Crippen LogP) is 6.60. The molecule has 1 heterocycles. The summed E-state index contributed by atoms with van der Waals surface area (Å²) in [6, 6.07) is 13.2. The maximum atomic E-state index is 13.7. The molecule has 1 unspecified atom stereocenters. The number of likely N-dealkylation sites (tertiary alicyclic amines) is 1. The van der Waals surface area contributed by atoms with E-state index < -0.39 is 5.41 Å². The van der Waals surface area contributed by atoms with Crippen molar-refractivity contribution in [3.63, 3.8) is 0 Å². The molecule has 37 heavy (non-hydrogen) atoms. The van der Waals surface area contributed by atoms with Crippen molar-refractivity contribution >= 4 is 35.0 Å². The second kappa shape index (κ2) is 10.5. The standard InChI is InChI=1S/C30H36Cl2N2O3/c1-33(2)27(35)23-9-8-22(18-26(23)32)37-20-21-10-13-29(19-21)14-16-34(17-15-29)28(36)30(11-5-12-30)24-6-3-4-7-25(24)31/h3-4,6-9,18,21H,5,10-17,19-20H2,1-2H3. The Morgan fingerprint density at radius 3 is 2.35 bits per heavy atom. The number of hydrogen-bond donors (Lipinski definition) is 0. The number of carbonyl (C=O) groups is 2. The molecule has 2 saturated carbocycles. The molecular formula is C30H36Cl2N2O3. The van der Waals surface area contributed by atoms with E-state index in [1.165, 1.54) is 11.3 Å². The lowest BCUT2D eigenvalue weighted by molar-refractivity contribution is -0.143. The van der Waals surface area contributed by atoms with Gasteiger partial charge < -0.3 is 14.5 Å². The van der Waals surface area contributed by atoms with Crippen molar-refractivity contribution in [1.82, 2.24) is 9.80 Å². The van der Waals surface area contributed by atoms with Crippen LogP contribution in [0.15, 0.2) is 42.5 Å². The first-order valence-corrected chi connectivity index (χ1v) is 14.2. The van der Waals surface area contributed by atoms with E-state index in [4.69, 9.17) is 27.9 Å². The van der Waals surface area contributed by atoms with Crippen LogP contribution in [0.25, 0.3) is 0 Å². The van der Waals surface area contributed by atoms with E-state index >= 15 is 0 Å². The fourth-order valence-corrected chi connectivity index (χ4v) is 7.17. The van der Waals surface area contributed by atoms with E-state index in [9.17, 15) is 9.59 Å². The van der Waals surface area contributed by atoms with E-state index in [-0.39, 0.29) is 11.8 Å². The average Bonchev–Trinajstić information content (AvgIpc) is 3.25. The second-order valence-corrected chi connectivity index (χ2v) is 12.3. The van der Waals surface area contributed by atoms with Gasteiger partial charge in [-0.15, -0.1) is 0 Å². The SMILES string of the molecule is CN(C)C(=O)c1ccc(OCC2CCC3(CCN(C(=O)C4(c5ccccc5Cl)CCC4)CC3)C2)cc1Cl. The normalized spacial score (nSPS) is 21.9. The van der Waals surface area contributed by atoms with Crippen LogP contribution >= 0.6 is 23.2 Å². The number of halogens is 2. The van der Waals surface area contributed by atoms with Gasteiger partial charge in [0.2, 0.25) is 5.91 Å². The molecule has 2 amide bonds. The number of rotatable bonds is 6. The smallest absolute Gasteiger partial charge is 0.254 e. The first-order valence-electron chi connectivity index (χ1n) is 13.4. The zero-order chi connectivity index (χ0) is 26.2. The molecule has 1 atom stereocenters.